The molecule has 11 heteroatoms. The first-order valence-electron chi connectivity index (χ1n) is 39.2. The van der Waals surface area contributed by atoms with Crippen molar-refractivity contribution in [1.82, 2.24) is 5.32 Å². The molecule has 8 atom stereocenters. The van der Waals surface area contributed by atoms with Crippen LogP contribution in [0.4, 0.5) is 0 Å². The summed E-state index contributed by atoms with van der Waals surface area (Å²) in [6.45, 7) is 5.79. The second-order valence-electron chi connectivity index (χ2n) is 27.1. The van der Waals surface area contributed by atoms with Gasteiger partial charge in [-0.1, -0.05) is 338 Å². The Balaban J connectivity index is 2.50. The lowest BCUT2D eigenvalue weighted by Crippen LogP contribution is -2.61. The highest BCUT2D eigenvalue weighted by Crippen LogP contribution is 2.27. The number of carbonyl (C=O) groups is 2. The number of carbonyl (C=O) groups excluding carboxylic acids is 2. The van der Waals surface area contributed by atoms with Crippen LogP contribution < -0.4 is 5.32 Å². The van der Waals surface area contributed by atoms with Crippen molar-refractivity contribution in [2.24, 2.45) is 0 Å². The molecule has 0 aromatic heterocycles. The molecule has 11 nitrogen and oxygen atoms in total. The van der Waals surface area contributed by atoms with E-state index in [0.717, 1.165) is 77.0 Å². The van der Waals surface area contributed by atoms with Gasteiger partial charge in [-0.15, -0.1) is 0 Å². The van der Waals surface area contributed by atoms with Gasteiger partial charge in [0.2, 0.25) is 5.91 Å². The van der Waals surface area contributed by atoms with E-state index in [0.29, 0.717) is 19.3 Å². The Morgan fingerprint density at radius 2 is 0.750 bits per heavy atom. The number of hydrogen-bond donors (Lipinski definition) is 6. The summed E-state index contributed by atoms with van der Waals surface area (Å²) in [5.41, 5.74) is 0. The van der Waals surface area contributed by atoms with E-state index in [1.165, 1.54) is 244 Å². The fraction of sp³-hybridized carbons (Fsp3) is 0.827. The molecule has 1 saturated heterocycles. The number of esters is 1. The number of rotatable bonds is 68. The van der Waals surface area contributed by atoms with Gasteiger partial charge in [0.25, 0.3) is 0 Å². The van der Waals surface area contributed by atoms with E-state index in [9.17, 15) is 35.1 Å². The summed E-state index contributed by atoms with van der Waals surface area (Å²) < 4.78 is 17.7. The number of aliphatic hydroxyl groups is 5. The molecular weight excluding hydrogens is 1150 g/mol. The van der Waals surface area contributed by atoms with Gasteiger partial charge in [0.05, 0.1) is 25.4 Å². The predicted octanol–water partition coefficient (Wildman–Crippen LogP) is 21.0. The molecule has 0 radical (unpaired) electrons. The van der Waals surface area contributed by atoms with E-state index >= 15 is 0 Å². The van der Waals surface area contributed by atoms with Crippen LogP contribution in [-0.4, -0.2) is 99.6 Å². The fourth-order valence-corrected chi connectivity index (χ4v) is 12.2. The minimum absolute atomic E-state index is 0.124. The van der Waals surface area contributed by atoms with Crippen molar-refractivity contribution in [2.45, 2.75) is 416 Å². The second kappa shape index (κ2) is 68.1. The summed E-state index contributed by atoms with van der Waals surface area (Å²) in [5.74, 6) is -1.18. The zero-order valence-electron chi connectivity index (χ0n) is 59.9. The van der Waals surface area contributed by atoms with Gasteiger partial charge in [-0.3, -0.25) is 9.59 Å². The van der Waals surface area contributed by atoms with Crippen LogP contribution in [0.1, 0.15) is 367 Å². The van der Waals surface area contributed by atoms with Crippen molar-refractivity contribution >= 4 is 11.9 Å². The number of allylic oxidation sites excluding steroid dienone is 11. The monoisotopic (exact) mass is 1290 g/mol. The molecule has 8 unspecified atom stereocenters. The van der Waals surface area contributed by atoms with Crippen LogP contribution in [-0.2, 0) is 23.8 Å². The van der Waals surface area contributed by atoms with Crippen molar-refractivity contribution in [2.75, 3.05) is 13.2 Å². The maximum atomic E-state index is 13.5. The minimum Gasteiger partial charge on any atom is -0.454 e. The van der Waals surface area contributed by atoms with Crippen molar-refractivity contribution in [3.8, 4) is 0 Å². The van der Waals surface area contributed by atoms with Crippen LogP contribution in [0.15, 0.2) is 72.9 Å². The van der Waals surface area contributed by atoms with Gasteiger partial charge in [0.15, 0.2) is 12.4 Å². The summed E-state index contributed by atoms with van der Waals surface area (Å²) in [6.07, 6.45) is 79.5. The van der Waals surface area contributed by atoms with Crippen LogP contribution >= 0.6 is 0 Å². The van der Waals surface area contributed by atoms with Gasteiger partial charge in [0.1, 0.15) is 24.4 Å². The zero-order valence-corrected chi connectivity index (χ0v) is 59.9. The summed E-state index contributed by atoms with van der Waals surface area (Å²) >= 11 is 0. The Morgan fingerprint density at radius 1 is 0.424 bits per heavy atom. The molecule has 0 aliphatic carbocycles. The van der Waals surface area contributed by atoms with Crippen molar-refractivity contribution in [1.29, 1.82) is 0 Å². The summed E-state index contributed by atoms with van der Waals surface area (Å²) in [7, 11) is 0. The standard InChI is InChI=1S/C81H147NO10/c1-4-7-10-13-16-19-22-25-27-29-31-33-35-37-39-40-42-44-46-48-50-53-56-59-62-65-68-74(85)80(89)82-72(73(84)67-64-61-58-55-52-24-21-18-15-12-9-6-3)71-90-81-79(78(88)77(87)75(70-83)91-81)92-76(86)69-66-63-60-57-54-51-49-47-45-43-41-38-36-34-32-30-28-26-23-20-17-14-11-8-5-2/h16-17,19-20,25-28,31,33,64,67,72-75,77-79,81,83-85,87-88H,4-15,18,21-24,29-30,32,34-63,65-66,68-71H2,1-3H3,(H,82,89)/b19-16-,20-17-,27-25-,28-26-,33-31-,67-64+. The van der Waals surface area contributed by atoms with Crippen molar-refractivity contribution < 1.29 is 49.3 Å². The second-order valence-corrected chi connectivity index (χ2v) is 27.1. The zero-order chi connectivity index (χ0) is 66.7. The normalized spacial score (nSPS) is 18.3. The van der Waals surface area contributed by atoms with Gasteiger partial charge < -0.3 is 45.1 Å². The molecule has 6 N–H and O–H groups in total. The largest absolute Gasteiger partial charge is 0.454 e. The van der Waals surface area contributed by atoms with Crippen LogP contribution in [0.3, 0.4) is 0 Å². The number of amides is 1. The molecule has 0 aromatic carbocycles. The molecule has 1 amide bonds. The Kier molecular flexibility index (Phi) is 64.4. The van der Waals surface area contributed by atoms with Gasteiger partial charge in [-0.25, -0.2) is 0 Å². The first-order valence-corrected chi connectivity index (χ1v) is 39.2. The Labute approximate surface area is 566 Å². The van der Waals surface area contributed by atoms with Crippen LogP contribution in [0.2, 0.25) is 0 Å². The van der Waals surface area contributed by atoms with Crippen LogP contribution in [0.25, 0.3) is 0 Å². The molecule has 1 heterocycles. The Bertz CT molecular complexity index is 1780. The highest BCUT2D eigenvalue weighted by atomic mass is 16.7. The van der Waals surface area contributed by atoms with E-state index in [1.807, 2.05) is 6.08 Å². The highest BCUT2D eigenvalue weighted by molar-refractivity contribution is 5.80. The smallest absolute Gasteiger partial charge is 0.306 e. The summed E-state index contributed by atoms with van der Waals surface area (Å²) in [6, 6.07) is -1.03. The summed E-state index contributed by atoms with van der Waals surface area (Å²) in [5, 5.41) is 57.4. The third-order valence-electron chi connectivity index (χ3n) is 18.3. The fourth-order valence-electron chi connectivity index (χ4n) is 12.2. The van der Waals surface area contributed by atoms with Gasteiger partial charge in [-0.2, -0.15) is 0 Å². The number of nitrogens with one attached hydrogen (secondary N) is 1. The molecule has 1 aliphatic heterocycles. The average Bonchev–Trinajstić information content (AvgIpc) is 0.881. The molecule has 92 heavy (non-hydrogen) atoms. The number of aliphatic hydroxyl groups excluding tert-OH is 5. The lowest BCUT2D eigenvalue weighted by atomic mass is 9.99. The quantitative estimate of drug-likeness (QED) is 0.0195. The molecule has 0 bridgehead atoms. The Hall–Kier alpha value is -2.90. The lowest BCUT2D eigenvalue weighted by Gasteiger charge is -2.41. The number of unbranched alkanes of at least 4 members (excludes halogenated alkanes) is 44. The van der Waals surface area contributed by atoms with Crippen molar-refractivity contribution in [3.63, 3.8) is 0 Å². The van der Waals surface area contributed by atoms with Crippen LogP contribution in [0.5, 0.6) is 0 Å². The minimum atomic E-state index is -1.62. The maximum absolute atomic E-state index is 13.5. The lowest BCUT2D eigenvalue weighted by molar-refractivity contribution is -0.305. The van der Waals surface area contributed by atoms with E-state index in [1.54, 1.807) is 6.08 Å². The molecule has 1 rings (SSSR count). The van der Waals surface area contributed by atoms with E-state index in [2.05, 4.69) is 86.8 Å². The predicted molar refractivity (Wildman–Crippen MR) is 389 cm³/mol. The molecule has 0 saturated carbocycles. The van der Waals surface area contributed by atoms with Gasteiger partial charge in [-0.05, 0) is 96.3 Å². The third-order valence-corrected chi connectivity index (χ3v) is 18.3. The molecule has 0 aromatic rings. The number of hydrogen-bond acceptors (Lipinski definition) is 10. The molecule has 536 valence electrons. The van der Waals surface area contributed by atoms with E-state index in [4.69, 9.17) is 14.2 Å². The SMILES string of the molecule is CCCCC/C=C\C/C=C\C/C=C\CCCCCCCCCCCCCCCC(O)C(=O)NC(COC1OC(CO)C(O)C(O)C1OC(=O)CCCCCCCCCCCCCCCCC/C=C\C/C=C\CCCCC)C(O)/C=C/CCCCCCCCCCCC. The maximum Gasteiger partial charge on any atom is 0.306 e. The first kappa shape index (κ1) is 87.1. The average molecular weight is 1300 g/mol. The van der Waals surface area contributed by atoms with Gasteiger partial charge in [0, 0.05) is 6.42 Å². The van der Waals surface area contributed by atoms with Crippen LogP contribution in [0, 0.1) is 0 Å². The van der Waals surface area contributed by atoms with E-state index < -0.39 is 67.4 Å². The summed E-state index contributed by atoms with van der Waals surface area (Å²) in [4.78, 5) is 26.8. The molecular formula is C81H147NO10. The van der Waals surface area contributed by atoms with E-state index in [-0.39, 0.29) is 13.0 Å². The first-order chi connectivity index (χ1) is 45.2. The number of ether oxygens (including phenoxy) is 3. The topological polar surface area (TPSA) is 175 Å². The highest BCUT2D eigenvalue weighted by Gasteiger charge is 2.47. The molecule has 1 aliphatic rings. The van der Waals surface area contributed by atoms with Gasteiger partial charge >= 0.3 is 5.97 Å². The molecule has 1 fully saturated rings. The Morgan fingerprint density at radius 3 is 1.14 bits per heavy atom. The molecule has 0 spiro atoms. The van der Waals surface area contributed by atoms with Crippen molar-refractivity contribution in [3.05, 3.63) is 72.9 Å². The third kappa shape index (κ3) is 54.2.